The van der Waals surface area contributed by atoms with Crippen LogP contribution in [0.1, 0.15) is 42.5 Å². The van der Waals surface area contributed by atoms with Gasteiger partial charge in [0.2, 0.25) is 17.7 Å². The topological polar surface area (TPSA) is 136 Å². The number of rotatable bonds is 7. The summed E-state index contributed by atoms with van der Waals surface area (Å²) >= 11 is 0. The number of amides is 4. The van der Waals surface area contributed by atoms with Gasteiger partial charge in [0.1, 0.15) is 17.9 Å². The second kappa shape index (κ2) is 10.9. The van der Waals surface area contributed by atoms with Crippen molar-refractivity contribution in [2.45, 2.75) is 44.2 Å². The Morgan fingerprint density at radius 2 is 1.97 bits per heavy atom. The molecule has 2 heterocycles. The predicted octanol–water partition coefficient (Wildman–Crippen LogP) is 0.128. The Bertz CT molecular complexity index is 939. The second-order valence-electron chi connectivity index (χ2n) is 8.11. The molecule has 4 amide bonds. The van der Waals surface area contributed by atoms with Gasteiger partial charge < -0.3 is 25.5 Å². The fourth-order valence-corrected chi connectivity index (χ4v) is 3.99. The second-order valence-corrected chi connectivity index (χ2v) is 8.11. The molecule has 11 heteroatoms. The summed E-state index contributed by atoms with van der Waals surface area (Å²) in [5, 5.41) is 14.1. The van der Waals surface area contributed by atoms with E-state index in [1.54, 1.807) is 0 Å². The van der Waals surface area contributed by atoms with Crippen molar-refractivity contribution in [3.63, 3.8) is 0 Å². The van der Waals surface area contributed by atoms with Crippen LogP contribution in [-0.4, -0.2) is 82.8 Å². The molecular formula is C22H27FN4O6. The number of carbonyl (C=O) groups excluding carboxylic acids is 4. The molecule has 1 aromatic carbocycles. The van der Waals surface area contributed by atoms with E-state index in [1.807, 2.05) is 0 Å². The van der Waals surface area contributed by atoms with Crippen LogP contribution < -0.4 is 10.6 Å². The van der Waals surface area contributed by atoms with Crippen LogP contribution in [0.3, 0.4) is 0 Å². The van der Waals surface area contributed by atoms with Crippen molar-refractivity contribution >= 4 is 29.6 Å². The Hall–Kier alpha value is -3.50. The number of benzene rings is 1. The number of nitrogens with zero attached hydrogens (tertiary/aromatic N) is 2. The molecule has 0 radical (unpaired) electrons. The zero-order valence-corrected chi connectivity index (χ0v) is 18.1. The lowest BCUT2D eigenvalue weighted by Gasteiger charge is -2.41. The van der Waals surface area contributed by atoms with Gasteiger partial charge in [-0.05, 0) is 37.5 Å². The first-order chi connectivity index (χ1) is 15.8. The van der Waals surface area contributed by atoms with E-state index in [4.69, 9.17) is 5.11 Å². The van der Waals surface area contributed by atoms with Gasteiger partial charge >= 0.3 is 5.97 Å². The van der Waals surface area contributed by atoms with Crippen LogP contribution in [-0.2, 0) is 19.2 Å². The van der Waals surface area contributed by atoms with Crippen molar-refractivity contribution in [2.24, 2.45) is 0 Å². The van der Waals surface area contributed by atoms with Gasteiger partial charge in [0, 0.05) is 38.0 Å². The van der Waals surface area contributed by atoms with Gasteiger partial charge in [0.25, 0.3) is 5.91 Å². The van der Waals surface area contributed by atoms with Gasteiger partial charge in [-0.15, -0.1) is 0 Å². The monoisotopic (exact) mass is 462 g/mol. The maximum absolute atomic E-state index is 13.7. The van der Waals surface area contributed by atoms with E-state index in [0.717, 1.165) is 6.07 Å². The molecule has 0 aromatic heterocycles. The molecule has 3 rings (SSSR count). The van der Waals surface area contributed by atoms with Crippen LogP contribution in [0.5, 0.6) is 0 Å². The highest BCUT2D eigenvalue weighted by Crippen LogP contribution is 2.18. The molecule has 0 saturated carbocycles. The van der Waals surface area contributed by atoms with E-state index in [2.05, 4.69) is 10.6 Å². The van der Waals surface area contributed by atoms with Gasteiger partial charge in [0.05, 0.1) is 6.54 Å². The summed E-state index contributed by atoms with van der Waals surface area (Å²) in [6, 6.07) is 3.31. The van der Waals surface area contributed by atoms with Gasteiger partial charge in [-0.3, -0.25) is 24.0 Å². The summed E-state index contributed by atoms with van der Waals surface area (Å²) in [6.07, 6.45) is 1.17. The summed E-state index contributed by atoms with van der Waals surface area (Å²) in [6.45, 7) is 0.611. The molecule has 10 nitrogen and oxygen atoms in total. The number of hydrogen-bond acceptors (Lipinski definition) is 5. The number of piperidine rings is 1. The van der Waals surface area contributed by atoms with Gasteiger partial charge in [-0.1, -0.05) is 6.07 Å². The minimum atomic E-state index is -1.08. The summed E-state index contributed by atoms with van der Waals surface area (Å²) in [5.41, 5.74) is 0.0736. The minimum Gasteiger partial charge on any atom is -0.481 e. The Morgan fingerprint density at radius 1 is 1.18 bits per heavy atom. The van der Waals surface area contributed by atoms with E-state index < -0.39 is 35.7 Å². The lowest BCUT2D eigenvalue weighted by molar-refractivity contribution is -0.139. The molecule has 3 N–H and O–H groups in total. The molecule has 2 atom stereocenters. The fraction of sp³-hybridized carbons (Fsp3) is 0.500. The summed E-state index contributed by atoms with van der Waals surface area (Å²) < 4.78 is 13.7. The molecule has 1 aromatic rings. The number of nitrogens with one attached hydrogen (secondary N) is 2. The number of halogens is 1. The van der Waals surface area contributed by atoms with Crippen molar-refractivity contribution < 1.29 is 33.5 Å². The van der Waals surface area contributed by atoms with Crippen LogP contribution in [0.15, 0.2) is 24.3 Å². The first-order valence-electron chi connectivity index (χ1n) is 10.9. The first kappa shape index (κ1) is 24.1. The third kappa shape index (κ3) is 6.27. The molecule has 2 aliphatic heterocycles. The molecule has 0 bridgehead atoms. The fourth-order valence-electron chi connectivity index (χ4n) is 3.99. The number of carboxylic acid groups (broad SMARTS) is 1. The van der Waals surface area contributed by atoms with Crippen molar-refractivity contribution in [1.29, 1.82) is 0 Å². The number of carbonyl (C=O) groups is 5. The highest BCUT2D eigenvalue weighted by molar-refractivity contribution is 5.99. The number of hydrogen-bond donors (Lipinski definition) is 3. The van der Waals surface area contributed by atoms with E-state index in [0.29, 0.717) is 19.4 Å². The Kier molecular flexibility index (Phi) is 7.96. The maximum Gasteiger partial charge on any atom is 0.303 e. The molecule has 33 heavy (non-hydrogen) atoms. The average molecular weight is 462 g/mol. The molecule has 0 unspecified atom stereocenters. The van der Waals surface area contributed by atoms with Crippen LogP contribution in [0.25, 0.3) is 0 Å². The van der Waals surface area contributed by atoms with Crippen LogP contribution >= 0.6 is 0 Å². The molecule has 2 saturated heterocycles. The van der Waals surface area contributed by atoms with E-state index in [9.17, 15) is 28.4 Å². The molecular weight excluding hydrogens is 435 g/mol. The first-order valence-corrected chi connectivity index (χ1v) is 10.9. The number of aliphatic carboxylic acids is 1. The molecule has 2 fully saturated rings. The predicted molar refractivity (Wildman–Crippen MR) is 113 cm³/mol. The summed E-state index contributed by atoms with van der Waals surface area (Å²) in [4.78, 5) is 64.2. The zero-order chi connectivity index (χ0) is 24.0. The molecule has 0 spiro atoms. The van der Waals surface area contributed by atoms with Crippen LogP contribution in [0, 0.1) is 5.82 Å². The van der Waals surface area contributed by atoms with Crippen LogP contribution in [0.4, 0.5) is 4.39 Å². The zero-order valence-electron chi connectivity index (χ0n) is 18.1. The van der Waals surface area contributed by atoms with Gasteiger partial charge in [-0.2, -0.15) is 0 Å². The Morgan fingerprint density at radius 3 is 2.67 bits per heavy atom. The molecule has 178 valence electrons. The number of piperazine rings is 1. The lowest BCUT2D eigenvalue weighted by atomic mass is 10.0. The molecule has 0 aliphatic carbocycles. The third-order valence-corrected chi connectivity index (χ3v) is 5.75. The summed E-state index contributed by atoms with van der Waals surface area (Å²) in [7, 11) is 0. The molecule has 2 aliphatic rings. The minimum absolute atomic E-state index is 0.00349. The number of carboxylic acids is 1. The largest absolute Gasteiger partial charge is 0.481 e. The van der Waals surface area contributed by atoms with Crippen molar-refractivity contribution in [1.82, 2.24) is 20.4 Å². The Balaban J connectivity index is 1.76. The van der Waals surface area contributed by atoms with E-state index >= 15 is 0 Å². The summed E-state index contributed by atoms with van der Waals surface area (Å²) in [5.74, 6) is -3.35. The lowest BCUT2D eigenvalue weighted by Crippen LogP contribution is -2.63. The standard InChI is InChI=1S/C22H27FN4O6/c23-15-5-1-4-14(12-15)22(33)27-11-10-26(18(28)7-2-8-19(29)30)13-17(27)21(32)25-16-6-3-9-24-20(16)31/h1,4-5,12,16-17H,2-3,6-11,13H2,(H,24,31)(H,25,32)(H,29,30)/t16-,17+/m1/s1. The smallest absolute Gasteiger partial charge is 0.303 e. The third-order valence-electron chi connectivity index (χ3n) is 5.75. The highest BCUT2D eigenvalue weighted by atomic mass is 19.1. The Labute approximate surface area is 190 Å². The van der Waals surface area contributed by atoms with Crippen molar-refractivity contribution in [2.75, 3.05) is 26.2 Å². The average Bonchev–Trinajstić information content (AvgIpc) is 2.79. The quantitative estimate of drug-likeness (QED) is 0.527. The van der Waals surface area contributed by atoms with E-state index in [-0.39, 0.29) is 56.3 Å². The van der Waals surface area contributed by atoms with Gasteiger partial charge in [-0.25, -0.2) is 4.39 Å². The van der Waals surface area contributed by atoms with Crippen molar-refractivity contribution in [3.8, 4) is 0 Å². The SMILES string of the molecule is O=C(O)CCCC(=O)N1CCN(C(=O)c2cccc(F)c2)[C@H](C(=O)N[C@@H]2CCCNC2=O)C1. The van der Waals surface area contributed by atoms with Gasteiger partial charge in [0.15, 0.2) is 0 Å². The van der Waals surface area contributed by atoms with Crippen molar-refractivity contribution in [3.05, 3.63) is 35.6 Å². The van der Waals surface area contributed by atoms with Crippen LogP contribution in [0.2, 0.25) is 0 Å². The highest BCUT2D eigenvalue weighted by Gasteiger charge is 2.38. The van der Waals surface area contributed by atoms with E-state index in [1.165, 1.54) is 28.0 Å². The normalized spacial score (nSPS) is 20.7. The maximum atomic E-state index is 13.7.